The van der Waals surface area contributed by atoms with Crippen LogP contribution in [0.3, 0.4) is 0 Å². The van der Waals surface area contributed by atoms with Crippen molar-refractivity contribution in [3.8, 4) is 17.6 Å². The maximum Gasteiger partial charge on any atom is 0.331 e. The number of nitriles is 1. The molecule has 0 saturated carbocycles. The van der Waals surface area contributed by atoms with Crippen LogP contribution in [-0.4, -0.2) is 57.1 Å². The van der Waals surface area contributed by atoms with E-state index in [1.54, 1.807) is 39.3 Å². The maximum atomic E-state index is 12.6. The topological polar surface area (TPSA) is 88.9 Å². The minimum absolute atomic E-state index is 0.0658. The molecule has 216 valence electrons. The van der Waals surface area contributed by atoms with Gasteiger partial charge in [-0.15, -0.1) is 0 Å². The number of methoxy groups -OCH3 is 2. The molecule has 2 aromatic carbocycles. The summed E-state index contributed by atoms with van der Waals surface area (Å²) < 4.78 is 16.4. The summed E-state index contributed by atoms with van der Waals surface area (Å²) >= 11 is 12.3. The number of carbonyl (C=O) groups is 2. The summed E-state index contributed by atoms with van der Waals surface area (Å²) in [5, 5.41) is 10.8. The summed E-state index contributed by atoms with van der Waals surface area (Å²) in [5.41, 5.74) is 0.702. The van der Waals surface area contributed by atoms with E-state index in [0.717, 1.165) is 18.1 Å². The second-order valence-electron chi connectivity index (χ2n) is 10.1. The van der Waals surface area contributed by atoms with Crippen LogP contribution in [-0.2, 0) is 19.7 Å². The SMILES string of the molecule is COc1ccc(C(C#N)(CCCN(C)CC(C)OC(=O)C=C(C(C)=O)c2cccc(Cl)c2Cl)C(C)C)cc1OC. The van der Waals surface area contributed by atoms with Crippen LogP contribution in [0.25, 0.3) is 5.57 Å². The van der Waals surface area contributed by atoms with Gasteiger partial charge in [-0.25, -0.2) is 4.79 Å². The van der Waals surface area contributed by atoms with Gasteiger partial charge in [-0.3, -0.25) is 4.79 Å². The highest BCUT2D eigenvalue weighted by atomic mass is 35.5. The molecule has 2 rings (SSSR count). The molecular weight excluding hydrogens is 551 g/mol. The van der Waals surface area contributed by atoms with Crippen LogP contribution in [0, 0.1) is 17.2 Å². The first-order chi connectivity index (χ1) is 18.9. The van der Waals surface area contributed by atoms with Gasteiger partial charge in [-0.2, -0.15) is 5.26 Å². The molecule has 9 heteroatoms. The molecule has 40 heavy (non-hydrogen) atoms. The lowest BCUT2D eigenvalue weighted by Gasteiger charge is -2.32. The zero-order chi connectivity index (χ0) is 30.0. The molecule has 0 spiro atoms. The predicted molar refractivity (Wildman–Crippen MR) is 159 cm³/mol. The Morgan fingerprint density at radius 1 is 1.10 bits per heavy atom. The second-order valence-corrected chi connectivity index (χ2v) is 10.9. The van der Waals surface area contributed by atoms with Crippen molar-refractivity contribution in [2.24, 2.45) is 5.92 Å². The van der Waals surface area contributed by atoms with Crippen molar-refractivity contribution in [1.82, 2.24) is 4.90 Å². The molecule has 0 aromatic heterocycles. The Kier molecular flexibility index (Phi) is 12.5. The molecule has 0 aliphatic heterocycles. The lowest BCUT2D eigenvalue weighted by atomic mass is 9.69. The Bertz CT molecular complexity index is 1270. The van der Waals surface area contributed by atoms with Crippen molar-refractivity contribution in [3.05, 3.63) is 63.6 Å². The third kappa shape index (κ3) is 8.23. The molecule has 0 bridgehead atoms. The molecule has 2 atom stereocenters. The van der Waals surface area contributed by atoms with E-state index in [1.807, 2.05) is 39.1 Å². The maximum absolute atomic E-state index is 12.6. The zero-order valence-electron chi connectivity index (χ0n) is 24.2. The number of esters is 1. The molecule has 0 aliphatic rings. The molecule has 7 nitrogen and oxygen atoms in total. The number of allylic oxidation sites excluding steroid dienone is 1. The van der Waals surface area contributed by atoms with Crippen molar-refractivity contribution in [3.63, 3.8) is 0 Å². The Balaban J connectivity index is 2.04. The fourth-order valence-electron chi connectivity index (χ4n) is 4.76. The zero-order valence-corrected chi connectivity index (χ0v) is 25.7. The standard InChI is InChI=1S/C31H38Cl2N2O5/c1-20(2)31(19-34,23-12-13-27(38-6)28(16-23)39-7)14-9-15-35(5)18-21(3)40-29(37)17-25(22(4)36)24-10-8-11-26(32)30(24)33/h8,10-13,16-17,20-21H,9,14-15,18H2,1-7H3. The van der Waals surface area contributed by atoms with Gasteiger partial charge in [0.05, 0.1) is 35.7 Å². The highest BCUT2D eigenvalue weighted by Crippen LogP contribution is 2.40. The summed E-state index contributed by atoms with van der Waals surface area (Å²) in [7, 11) is 5.10. The average molecular weight is 590 g/mol. The Hall–Kier alpha value is -3.05. The van der Waals surface area contributed by atoms with E-state index in [2.05, 4.69) is 11.0 Å². The van der Waals surface area contributed by atoms with E-state index in [0.29, 0.717) is 41.6 Å². The third-order valence-electron chi connectivity index (χ3n) is 6.96. The van der Waals surface area contributed by atoms with Crippen LogP contribution in [0.4, 0.5) is 0 Å². The van der Waals surface area contributed by atoms with E-state index in [1.165, 1.54) is 6.92 Å². The molecule has 0 aliphatic carbocycles. The van der Waals surface area contributed by atoms with Crippen molar-refractivity contribution in [1.29, 1.82) is 5.26 Å². The monoisotopic (exact) mass is 588 g/mol. The molecule has 0 radical (unpaired) electrons. The van der Waals surface area contributed by atoms with E-state index in [9.17, 15) is 14.9 Å². The van der Waals surface area contributed by atoms with E-state index in [4.69, 9.17) is 37.4 Å². The van der Waals surface area contributed by atoms with Gasteiger partial charge in [0.1, 0.15) is 6.10 Å². The molecule has 0 N–H and O–H groups in total. The van der Waals surface area contributed by atoms with Gasteiger partial charge in [-0.1, -0.05) is 55.2 Å². The number of ketones is 1. The van der Waals surface area contributed by atoms with Crippen LogP contribution in [0.5, 0.6) is 11.5 Å². The normalized spacial score (nSPS) is 13.9. The van der Waals surface area contributed by atoms with Crippen LogP contribution < -0.4 is 9.47 Å². The van der Waals surface area contributed by atoms with Crippen molar-refractivity contribution in [2.45, 2.75) is 52.1 Å². The Morgan fingerprint density at radius 2 is 1.77 bits per heavy atom. The number of Topliss-reactive ketones (excluding diaryl/α,β-unsaturated/α-hetero) is 1. The first-order valence-corrected chi connectivity index (χ1v) is 13.9. The summed E-state index contributed by atoms with van der Waals surface area (Å²) in [4.78, 5) is 26.9. The number of ether oxygens (including phenoxy) is 3. The van der Waals surface area contributed by atoms with Crippen molar-refractivity contribution in [2.75, 3.05) is 34.4 Å². The van der Waals surface area contributed by atoms with E-state index in [-0.39, 0.29) is 22.3 Å². The lowest BCUT2D eigenvalue weighted by Crippen LogP contribution is -2.34. The number of rotatable bonds is 14. The number of halogens is 2. The molecule has 0 fully saturated rings. The summed E-state index contributed by atoms with van der Waals surface area (Å²) in [5.74, 6) is 0.306. The van der Waals surface area contributed by atoms with Gasteiger partial charge in [0.2, 0.25) is 0 Å². The van der Waals surface area contributed by atoms with Crippen LogP contribution in [0.15, 0.2) is 42.5 Å². The van der Waals surface area contributed by atoms with Gasteiger partial charge in [0.25, 0.3) is 0 Å². The molecular formula is C31H38Cl2N2O5. The van der Waals surface area contributed by atoms with Gasteiger partial charge >= 0.3 is 5.97 Å². The summed E-state index contributed by atoms with van der Waals surface area (Å²) in [6, 6.07) is 13.1. The number of hydrogen-bond acceptors (Lipinski definition) is 7. The molecule has 0 saturated heterocycles. The Labute approximate surface area is 247 Å². The number of carbonyl (C=O) groups excluding carboxylic acids is 2. The largest absolute Gasteiger partial charge is 0.493 e. The van der Waals surface area contributed by atoms with Crippen LogP contribution in [0.2, 0.25) is 10.0 Å². The minimum Gasteiger partial charge on any atom is -0.493 e. The number of nitrogens with zero attached hydrogens (tertiary/aromatic N) is 2. The fraction of sp³-hybridized carbons (Fsp3) is 0.452. The van der Waals surface area contributed by atoms with Crippen molar-refractivity contribution < 1.29 is 23.8 Å². The first kappa shape index (κ1) is 33.2. The molecule has 2 unspecified atom stereocenters. The molecule has 2 aromatic rings. The second kappa shape index (κ2) is 15.1. The average Bonchev–Trinajstić information content (AvgIpc) is 2.90. The van der Waals surface area contributed by atoms with Gasteiger partial charge in [0, 0.05) is 23.8 Å². The quantitative estimate of drug-likeness (QED) is 0.178. The van der Waals surface area contributed by atoms with E-state index < -0.39 is 17.5 Å². The third-order valence-corrected chi connectivity index (χ3v) is 7.78. The van der Waals surface area contributed by atoms with Crippen LogP contribution >= 0.6 is 23.2 Å². The predicted octanol–water partition coefficient (Wildman–Crippen LogP) is 6.74. The van der Waals surface area contributed by atoms with E-state index >= 15 is 0 Å². The van der Waals surface area contributed by atoms with Crippen molar-refractivity contribution >= 4 is 40.5 Å². The smallest absolute Gasteiger partial charge is 0.331 e. The molecule has 0 amide bonds. The minimum atomic E-state index is -0.700. The van der Waals surface area contributed by atoms with Gasteiger partial charge in [0.15, 0.2) is 17.3 Å². The molecule has 0 heterocycles. The van der Waals surface area contributed by atoms with Crippen LogP contribution in [0.1, 0.15) is 51.7 Å². The number of hydrogen-bond donors (Lipinski definition) is 0. The number of benzene rings is 2. The highest BCUT2D eigenvalue weighted by molar-refractivity contribution is 6.44. The lowest BCUT2D eigenvalue weighted by molar-refractivity contribution is -0.142. The number of likely N-dealkylation sites (N-methyl/N-ethyl adjacent to an activating group) is 1. The van der Waals surface area contributed by atoms with Gasteiger partial charge in [-0.05, 0) is 70.0 Å². The fourth-order valence-corrected chi connectivity index (χ4v) is 5.16. The van der Waals surface area contributed by atoms with Gasteiger partial charge < -0.3 is 19.1 Å². The Morgan fingerprint density at radius 3 is 2.35 bits per heavy atom. The summed E-state index contributed by atoms with van der Waals surface area (Å²) in [6.07, 6.45) is 2.11. The first-order valence-electron chi connectivity index (χ1n) is 13.1. The summed E-state index contributed by atoms with van der Waals surface area (Å²) in [6.45, 7) is 8.41. The highest BCUT2D eigenvalue weighted by Gasteiger charge is 2.36.